The van der Waals surface area contributed by atoms with Gasteiger partial charge in [0.2, 0.25) is 0 Å². The summed E-state index contributed by atoms with van der Waals surface area (Å²) in [5, 5.41) is 1.39. The van der Waals surface area contributed by atoms with E-state index in [0.717, 1.165) is 40.9 Å². The van der Waals surface area contributed by atoms with E-state index in [2.05, 4.69) is 47.3 Å². The van der Waals surface area contributed by atoms with Crippen LogP contribution in [0.3, 0.4) is 0 Å². The molecule has 8 heteroatoms. The lowest BCUT2D eigenvalue weighted by molar-refractivity contribution is -0.130. The number of carbonyl (C=O) groups is 2. The second-order valence-electron chi connectivity index (χ2n) is 9.33. The summed E-state index contributed by atoms with van der Waals surface area (Å²) in [6.07, 6.45) is 2.51. The highest BCUT2D eigenvalue weighted by Crippen LogP contribution is 2.55. The van der Waals surface area contributed by atoms with E-state index in [1.807, 2.05) is 24.3 Å². The average Bonchev–Trinajstić information content (AvgIpc) is 3.42. The molecule has 0 N–H and O–H groups in total. The number of amides is 1. The Morgan fingerprint density at radius 2 is 1.59 bits per heavy atom. The smallest absolute Gasteiger partial charge is 0.263 e. The Labute approximate surface area is 214 Å². The van der Waals surface area contributed by atoms with Crippen molar-refractivity contribution in [2.45, 2.75) is 44.8 Å². The van der Waals surface area contributed by atoms with E-state index in [-0.39, 0.29) is 30.0 Å². The van der Waals surface area contributed by atoms with Crippen LogP contribution < -0.4 is 0 Å². The van der Waals surface area contributed by atoms with Crippen LogP contribution in [0.1, 0.15) is 49.9 Å². The lowest BCUT2D eigenvalue weighted by Crippen LogP contribution is -2.41. The molecule has 5 rings (SSSR count). The first kappa shape index (κ1) is 23.7. The van der Waals surface area contributed by atoms with Crippen molar-refractivity contribution in [3.8, 4) is 0 Å². The lowest BCUT2D eigenvalue weighted by Gasteiger charge is -2.36. The van der Waals surface area contributed by atoms with Crippen LogP contribution in [0.2, 0.25) is 10.0 Å². The molecule has 4 atom stereocenters. The van der Waals surface area contributed by atoms with Crippen molar-refractivity contribution < 1.29 is 9.59 Å². The Balaban J connectivity index is 1.61. The maximum absolute atomic E-state index is 13.8. The molecule has 2 aromatic rings. The monoisotopic (exact) mass is 515 g/mol. The number of halogens is 2. The summed E-state index contributed by atoms with van der Waals surface area (Å²) in [6, 6.07) is 15.7. The van der Waals surface area contributed by atoms with E-state index in [1.165, 1.54) is 11.9 Å². The number of rotatable bonds is 5. The number of aldehydes is 1. The fraction of sp³-hybridized carbons (Fsp3) is 0.385. The van der Waals surface area contributed by atoms with Crippen molar-refractivity contribution in [2.75, 3.05) is 13.2 Å². The predicted octanol–water partition coefficient (Wildman–Crippen LogP) is 6.07. The molecular weight excluding hydrogens is 489 g/mol. The maximum atomic E-state index is 13.8. The number of nitrogens with zero attached hydrogens (tertiary/aromatic N) is 3. The van der Waals surface area contributed by atoms with Crippen LogP contribution in [0.4, 0.5) is 0 Å². The molecule has 3 heterocycles. The molecule has 178 valence electrons. The number of benzene rings is 2. The fourth-order valence-corrected chi connectivity index (χ4v) is 7.01. The molecular formula is C26H27Cl2N3O2S. The van der Waals surface area contributed by atoms with Crippen molar-refractivity contribution in [3.63, 3.8) is 0 Å². The summed E-state index contributed by atoms with van der Waals surface area (Å²) < 4.78 is 2.29. The van der Waals surface area contributed by atoms with Gasteiger partial charge in [0.15, 0.2) is 0 Å². The molecule has 0 radical (unpaired) electrons. The molecule has 0 aromatic heterocycles. The Morgan fingerprint density at radius 1 is 1.00 bits per heavy atom. The van der Waals surface area contributed by atoms with Crippen LogP contribution in [-0.4, -0.2) is 45.6 Å². The minimum atomic E-state index is -0.335. The molecule has 2 fully saturated rings. The fourth-order valence-electron chi connectivity index (χ4n) is 5.35. The first-order valence-corrected chi connectivity index (χ1v) is 13.1. The highest BCUT2D eigenvalue weighted by atomic mass is 35.5. The zero-order chi connectivity index (χ0) is 24.0. The summed E-state index contributed by atoms with van der Waals surface area (Å²) in [7, 11) is 0. The molecule has 0 aliphatic carbocycles. The molecule has 1 amide bonds. The number of hydrogen-bond acceptors (Lipinski definition) is 5. The van der Waals surface area contributed by atoms with Crippen LogP contribution in [0, 0.1) is 5.92 Å². The van der Waals surface area contributed by atoms with Gasteiger partial charge in [-0.25, -0.2) is 4.31 Å². The number of hydrogen-bond donors (Lipinski definition) is 0. The third kappa shape index (κ3) is 4.15. The van der Waals surface area contributed by atoms with Crippen molar-refractivity contribution in [2.24, 2.45) is 5.92 Å². The van der Waals surface area contributed by atoms with Crippen molar-refractivity contribution in [1.29, 1.82) is 0 Å². The van der Waals surface area contributed by atoms with Gasteiger partial charge < -0.3 is 14.6 Å². The third-order valence-corrected chi connectivity index (χ3v) is 8.52. The second-order valence-corrected chi connectivity index (χ2v) is 11.3. The van der Waals surface area contributed by atoms with E-state index >= 15 is 0 Å². The van der Waals surface area contributed by atoms with Gasteiger partial charge in [-0.3, -0.25) is 4.79 Å². The molecule has 3 unspecified atom stereocenters. The van der Waals surface area contributed by atoms with Gasteiger partial charge in [0.05, 0.1) is 24.8 Å². The SMILES string of the molecule is CC(C)C1=C(C(=O)N2CCC[C@H]2C=O)SN2CN1C(c1ccc(Cl)cc1)C2c1ccc(Cl)cc1. The molecule has 0 spiro atoms. The Kier molecular flexibility index (Phi) is 6.68. The quantitative estimate of drug-likeness (QED) is 0.357. The topological polar surface area (TPSA) is 43.9 Å². The summed E-state index contributed by atoms with van der Waals surface area (Å²) >= 11 is 13.9. The highest BCUT2D eigenvalue weighted by molar-refractivity contribution is 8.01. The Hall–Kier alpha value is -1.99. The van der Waals surface area contributed by atoms with Crippen LogP contribution in [0.5, 0.6) is 0 Å². The summed E-state index contributed by atoms with van der Waals surface area (Å²) in [4.78, 5) is 30.3. The number of carbonyl (C=O) groups excluding carboxylic acids is 2. The molecule has 5 nitrogen and oxygen atoms in total. The van der Waals surface area contributed by atoms with Gasteiger partial charge in [0, 0.05) is 22.3 Å². The zero-order valence-electron chi connectivity index (χ0n) is 19.2. The van der Waals surface area contributed by atoms with Gasteiger partial charge in [-0.05, 0) is 66.1 Å². The largest absolute Gasteiger partial charge is 0.351 e. The van der Waals surface area contributed by atoms with Gasteiger partial charge in [0.1, 0.15) is 11.2 Å². The maximum Gasteiger partial charge on any atom is 0.263 e. The van der Waals surface area contributed by atoms with Crippen LogP contribution >= 0.6 is 35.1 Å². The predicted molar refractivity (Wildman–Crippen MR) is 137 cm³/mol. The van der Waals surface area contributed by atoms with Gasteiger partial charge in [-0.2, -0.15) is 0 Å². The van der Waals surface area contributed by atoms with E-state index < -0.39 is 0 Å². The summed E-state index contributed by atoms with van der Waals surface area (Å²) in [5.74, 6) is 0.106. The second kappa shape index (κ2) is 9.57. The van der Waals surface area contributed by atoms with E-state index in [1.54, 1.807) is 4.90 Å². The number of allylic oxidation sites excluding steroid dienone is 1. The van der Waals surface area contributed by atoms with Crippen LogP contribution in [0.25, 0.3) is 0 Å². The van der Waals surface area contributed by atoms with Gasteiger partial charge in [-0.1, -0.05) is 61.3 Å². The van der Waals surface area contributed by atoms with Gasteiger partial charge in [-0.15, -0.1) is 0 Å². The number of fused-ring (bicyclic) bond motifs is 2. The Bertz CT molecular complexity index is 1120. The first-order valence-electron chi connectivity index (χ1n) is 11.6. The molecule has 0 saturated carbocycles. The average molecular weight is 516 g/mol. The molecule has 2 saturated heterocycles. The van der Waals surface area contributed by atoms with Crippen molar-refractivity contribution in [1.82, 2.24) is 14.1 Å². The van der Waals surface area contributed by atoms with Crippen molar-refractivity contribution >= 4 is 47.3 Å². The molecule has 34 heavy (non-hydrogen) atoms. The molecule has 2 aromatic carbocycles. The van der Waals surface area contributed by atoms with E-state index in [9.17, 15) is 9.59 Å². The van der Waals surface area contributed by atoms with Crippen LogP contribution in [-0.2, 0) is 9.59 Å². The van der Waals surface area contributed by atoms with E-state index in [0.29, 0.717) is 23.3 Å². The summed E-state index contributed by atoms with van der Waals surface area (Å²) in [6.45, 7) is 5.59. The zero-order valence-corrected chi connectivity index (χ0v) is 21.5. The minimum Gasteiger partial charge on any atom is -0.351 e. The van der Waals surface area contributed by atoms with Gasteiger partial charge in [0.25, 0.3) is 5.91 Å². The third-order valence-electron chi connectivity index (χ3n) is 6.87. The Morgan fingerprint density at radius 3 is 2.15 bits per heavy atom. The number of likely N-dealkylation sites (tertiary alicyclic amines) is 1. The standard InChI is InChI=1S/C26H27Cl2N3O2S/c1-16(2)22-25(26(33)29-13-3-4-21(29)14-32)34-31-15-30(22)23(17-5-9-19(27)10-6-17)24(31)18-7-11-20(28)12-8-18/h5-12,14,16,21,23-24H,3-4,13,15H2,1-2H3/t21-,23?,24?/m0/s1. The normalized spacial score (nSPS) is 26.5. The lowest BCUT2D eigenvalue weighted by atomic mass is 9.92. The van der Waals surface area contributed by atoms with Gasteiger partial charge >= 0.3 is 0 Å². The first-order chi connectivity index (χ1) is 16.4. The molecule has 2 bridgehead atoms. The highest BCUT2D eigenvalue weighted by Gasteiger charge is 2.49. The summed E-state index contributed by atoms with van der Waals surface area (Å²) in [5.41, 5.74) is 3.33. The van der Waals surface area contributed by atoms with E-state index in [4.69, 9.17) is 23.2 Å². The van der Waals surface area contributed by atoms with Crippen LogP contribution in [0.15, 0.2) is 59.1 Å². The minimum absolute atomic E-state index is 0.00841. The molecule has 3 aliphatic rings. The molecule has 3 aliphatic heterocycles. The van der Waals surface area contributed by atoms with Crippen molar-refractivity contribution in [3.05, 3.63) is 80.3 Å².